The zero-order chi connectivity index (χ0) is 11.5. The summed E-state index contributed by atoms with van der Waals surface area (Å²) in [6, 6.07) is 9.04. The minimum atomic E-state index is 0.105. The van der Waals surface area contributed by atoms with Crippen LogP contribution in [0.5, 0.6) is 0 Å². The van der Waals surface area contributed by atoms with Crippen molar-refractivity contribution in [2.75, 3.05) is 0 Å². The highest BCUT2D eigenvalue weighted by molar-refractivity contribution is 5.99. The fourth-order valence-corrected chi connectivity index (χ4v) is 1.38. The van der Waals surface area contributed by atoms with Crippen molar-refractivity contribution in [3.63, 3.8) is 0 Å². The highest BCUT2D eigenvalue weighted by atomic mass is 16.8. The summed E-state index contributed by atoms with van der Waals surface area (Å²) in [5.41, 5.74) is 1.33. The molecule has 0 amide bonds. The molecule has 6 nitrogen and oxygen atoms in total. The third kappa shape index (κ3) is 1.60. The molecule has 2 rings (SSSR count). The molecule has 0 unspecified atom stereocenters. The van der Waals surface area contributed by atoms with Crippen LogP contribution in [0.2, 0.25) is 0 Å². The molecule has 2 aromatic rings. The van der Waals surface area contributed by atoms with Crippen LogP contribution in [-0.2, 0) is 0 Å². The maximum absolute atomic E-state index is 11.3. The van der Waals surface area contributed by atoms with Crippen LogP contribution in [0.25, 0.3) is 11.3 Å². The van der Waals surface area contributed by atoms with Crippen LogP contribution in [0.4, 0.5) is 0 Å². The van der Waals surface area contributed by atoms with Crippen molar-refractivity contribution in [2.24, 2.45) is 5.16 Å². The molecule has 0 bridgehead atoms. The Balaban J connectivity index is 2.59. The maximum atomic E-state index is 11.3. The first-order valence-corrected chi connectivity index (χ1v) is 4.58. The predicted octanol–water partition coefficient (Wildman–Crippen LogP) is 1.17. The minimum absolute atomic E-state index is 0.105. The Bertz CT molecular complexity index is 519. The molecule has 82 valence electrons. The molecule has 0 saturated heterocycles. The molecule has 0 saturated carbocycles. The Kier molecular flexibility index (Phi) is 2.55. The van der Waals surface area contributed by atoms with Gasteiger partial charge in [0.2, 0.25) is 0 Å². The van der Waals surface area contributed by atoms with Gasteiger partial charge >= 0.3 is 0 Å². The first-order chi connectivity index (χ1) is 7.74. The van der Waals surface area contributed by atoms with Gasteiger partial charge in [-0.1, -0.05) is 35.5 Å². The number of benzene rings is 1. The van der Waals surface area contributed by atoms with E-state index in [1.54, 1.807) is 12.1 Å². The predicted molar refractivity (Wildman–Crippen MR) is 54.9 cm³/mol. The fourth-order valence-electron chi connectivity index (χ4n) is 1.38. The number of nitrogens with zero attached hydrogens (tertiary/aromatic N) is 3. The van der Waals surface area contributed by atoms with Crippen LogP contribution in [0.3, 0.4) is 0 Å². The number of rotatable bonds is 2. The lowest BCUT2D eigenvalue weighted by molar-refractivity contribution is -0.803. The molecule has 1 aromatic heterocycles. The van der Waals surface area contributed by atoms with Crippen LogP contribution in [-0.4, -0.2) is 16.1 Å². The molecule has 0 aliphatic heterocycles. The summed E-state index contributed by atoms with van der Waals surface area (Å²) in [7, 11) is 0. The van der Waals surface area contributed by atoms with Gasteiger partial charge in [-0.3, -0.25) is 4.63 Å². The summed E-state index contributed by atoms with van der Waals surface area (Å²) in [6.45, 7) is 1.49. The van der Waals surface area contributed by atoms with E-state index < -0.39 is 0 Å². The monoisotopic (exact) mass is 219 g/mol. The van der Waals surface area contributed by atoms with Crippen molar-refractivity contribution in [2.45, 2.75) is 6.92 Å². The lowest BCUT2D eigenvalue weighted by Crippen LogP contribution is -2.30. The molecular formula is C10H9N3O3. The van der Waals surface area contributed by atoms with Crippen molar-refractivity contribution < 1.29 is 14.7 Å². The first kappa shape index (κ1) is 10.2. The van der Waals surface area contributed by atoms with E-state index in [0.29, 0.717) is 5.69 Å². The van der Waals surface area contributed by atoms with Gasteiger partial charge < -0.3 is 10.4 Å². The van der Waals surface area contributed by atoms with Gasteiger partial charge in [-0.15, -0.1) is 0 Å². The molecule has 1 N–H and O–H groups in total. The number of hydrogen-bond acceptors (Lipinski definition) is 5. The van der Waals surface area contributed by atoms with E-state index in [4.69, 9.17) is 5.21 Å². The molecule has 0 atom stereocenters. The van der Waals surface area contributed by atoms with Crippen molar-refractivity contribution in [3.05, 3.63) is 41.2 Å². The van der Waals surface area contributed by atoms with Crippen LogP contribution in [0.1, 0.15) is 12.6 Å². The second kappa shape index (κ2) is 4.01. The molecule has 0 spiro atoms. The SMILES string of the molecule is C/C(=N/O)c1c(-c2ccccc2)no[n+]1[O-]. The summed E-state index contributed by atoms with van der Waals surface area (Å²) >= 11 is 0. The van der Waals surface area contributed by atoms with Crippen LogP contribution < -0.4 is 4.90 Å². The molecular weight excluding hydrogens is 210 g/mol. The molecule has 0 fully saturated rings. The number of hydrogen-bond donors (Lipinski definition) is 1. The Morgan fingerprint density at radius 1 is 1.44 bits per heavy atom. The van der Waals surface area contributed by atoms with Crippen molar-refractivity contribution in [1.82, 2.24) is 5.16 Å². The van der Waals surface area contributed by atoms with Gasteiger partial charge in [0.1, 0.15) is 5.71 Å². The molecule has 16 heavy (non-hydrogen) atoms. The van der Waals surface area contributed by atoms with Crippen LogP contribution >= 0.6 is 0 Å². The summed E-state index contributed by atoms with van der Waals surface area (Å²) in [6.07, 6.45) is 0. The van der Waals surface area contributed by atoms with Crippen molar-refractivity contribution in [1.29, 1.82) is 0 Å². The van der Waals surface area contributed by atoms with Gasteiger partial charge in [-0.05, 0) is 11.8 Å². The summed E-state index contributed by atoms with van der Waals surface area (Å²) < 4.78 is 4.49. The third-order valence-electron chi connectivity index (χ3n) is 2.15. The van der Waals surface area contributed by atoms with Crippen LogP contribution in [0, 0.1) is 5.21 Å². The zero-order valence-corrected chi connectivity index (χ0v) is 8.49. The number of oxime groups is 1. The highest BCUT2D eigenvalue weighted by Crippen LogP contribution is 2.19. The minimum Gasteiger partial charge on any atom is -0.411 e. The molecule has 0 aliphatic carbocycles. The van der Waals surface area contributed by atoms with E-state index >= 15 is 0 Å². The second-order valence-electron chi connectivity index (χ2n) is 3.18. The lowest BCUT2D eigenvalue weighted by atomic mass is 10.1. The van der Waals surface area contributed by atoms with E-state index in [9.17, 15) is 5.21 Å². The quantitative estimate of drug-likeness (QED) is 0.355. The summed E-state index contributed by atoms with van der Waals surface area (Å²) in [5, 5.41) is 26.6. The molecule has 1 aromatic carbocycles. The molecule has 0 radical (unpaired) electrons. The van der Waals surface area contributed by atoms with Gasteiger partial charge in [0.05, 0.1) is 0 Å². The Labute approximate surface area is 91.0 Å². The van der Waals surface area contributed by atoms with E-state index in [-0.39, 0.29) is 16.3 Å². The Hall–Kier alpha value is -2.37. The zero-order valence-electron chi connectivity index (χ0n) is 8.49. The third-order valence-corrected chi connectivity index (χ3v) is 2.15. The van der Waals surface area contributed by atoms with E-state index in [0.717, 1.165) is 5.56 Å². The molecule has 1 heterocycles. The average Bonchev–Trinajstić information content (AvgIpc) is 2.71. The van der Waals surface area contributed by atoms with Crippen molar-refractivity contribution >= 4 is 5.71 Å². The van der Waals surface area contributed by atoms with E-state index in [1.165, 1.54) is 6.92 Å². The van der Waals surface area contributed by atoms with Gasteiger partial charge in [-0.2, -0.15) is 0 Å². The first-order valence-electron chi connectivity index (χ1n) is 4.58. The molecule has 6 heteroatoms. The van der Waals surface area contributed by atoms with Gasteiger partial charge in [0, 0.05) is 10.7 Å². The largest absolute Gasteiger partial charge is 0.411 e. The Morgan fingerprint density at radius 2 is 2.12 bits per heavy atom. The van der Waals surface area contributed by atoms with Gasteiger partial charge in [0.25, 0.3) is 11.4 Å². The topological polar surface area (TPSA) is 85.6 Å². The van der Waals surface area contributed by atoms with Crippen LogP contribution in [0.15, 0.2) is 40.1 Å². The Morgan fingerprint density at radius 3 is 2.75 bits per heavy atom. The van der Waals surface area contributed by atoms with E-state index in [2.05, 4.69) is 14.9 Å². The molecule has 0 aliphatic rings. The number of aromatic nitrogens is 2. The standard InChI is InChI=1S/C10H9N3O3/c1-7(11-14)10-9(12-16-13(10)15)8-5-3-2-4-6-8/h2-6,14H,1H3/b11-7-. The summed E-state index contributed by atoms with van der Waals surface area (Å²) in [4.78, 5) is 0.220. The lowest BCUT2D eigenvalue weighted by Gasteiger charge is -1.95. The highest BCUT2D eigenvalue weighted by Gasteiger charge is 2.23. The fraction of sp³-hybridized carbons (Fsp3) is 0.100. The normalized spacial score (nSPS) is 11.7. The smallest absolute Gasteiger partial charge is 0.257 e. The maximum Gasteiger partial charge on any atom is 0.257 e. The van der Waals surface area contributed by atoms with Gasteiger partial charge in [0.15, 0.2) is 0 Å². The second-order valence-corrected chi connectivity index (χ2v) is 3.18. The van der Waals surface area contributed by atoms with E-state index in [1.807, 2.05) is 18.2 Å². The average molecular weight is 219 g/mol. The van der Waals surface area contributed by atoms with Crippen molar-refractivity contribution in [3.8, 4) is 11.3 Å². The summed E-state index contributed by atoms with van der Waals surface area (Å²) in [5.74, 6) is 0. The van der Waals surface area contributed by atoms with Gasteiger partial charge in [-0.25, -0.2) is 0 Å².